The number of nitrogens with two attached hydrogens (primary N) is 1. The van der Waals surface area contributed by atoms with Crippen molar-refractivity contribution in [2.24, 2.45) is 5.73 Å². The first-order chi connectivity index (χ1) is 14.6. The number of hydrogen-bond donors (Lipinski definition) is 2. The SMILES string of the molecule is COc1cc(/C=C/C(=O)NCc2ccccc2N2CCCC2)ccc1OCC(N)=O. The molecule has 0 radical (unpaired) electrons. The predicted molar refractivity (Wildman–Crippen MR) is 116 cm³/mol. The van der Waals surface area contributed by atoms with Gasteiger partial charge in [0.25, 0.3) is 5.91 Å². The van der Waals surface area contributed by atoms with Crippen LogP contribution in [0.25, 0.3) is 6.08 Å². The molecule has 0 aromatic heterocycles. The summed E-state index contributed by atoms with van der Waals surface area (Å²) in [6, 6.07) is 13.3. The van der Waals surface area contributed by atoms with Gasteiger partial charge >= 0.3 is 0 Å². The summed E-state index contributed by atoms with van der Waals surface area (Å²) in [4.78, 5) is 25.5. The summed E-state index contributed by atoms with van der Waals surface area (Å²) in [5, 5.41) is 2.95. The van der Waals surface area contributed by atoms with Gasteiger partial charge in [0.05, 0.1) is 7.11 Å². The first-order valence-corrected chi connectivity index (χ1v) is 9.94. The van der Waals surface area contributed by atoms with E-state index < -0.39 is 5.91 Å². The number of ether oxygens (including phenoxy) is 2. The normalized spacial score (nSPS) is 13.4. The second-order valence-electron chi connectivity index (χ2n) is 7.04. The Bertz CT molecular complexity index is 920. The van der Waals surface area contributed by atoms with Gasteiger partial charge in [-0.2, -0.15) is 0 Å². The summed E-state index contributed by atoms with van der Waals surface area (Å²) in [6.45, 7) is 2.36. The summed E-state index contributed by atoms with van der Waals surface area (Å²) < 4.78 is 10.6. The van der Waals surface area contributed by atoms with Crippen LogP contribution in [0.5, 0.6) is 11.5 Å². The molecule has 7 nitrogen and oxygen atoms in total. The second-order valence-corrected chi connectivity index (χ2v) is 7.04. The van der Waals surface area contributed by atoms with Crippen molar-refractivity contribution in [3.63, 3.8) is 0 Å². The van der Waals surface area contributed by atoms with E-state index in [-0.39, 0.29) is 12.5 Å². The Morgan fingerprint density at radius 2 is 1.90 bits per heavy atom. The van der Waals surface area contributed by atoms with Crippen LogP contribution in [0, 0.1) is 0 Å². The standard InChI is InChI=1S/C23H27N3O4/c1-29-21-14-17(8-10-20(21)30-16-22(24)27)9-11-23(28)25-15-18-6-2-3-7-19(18)26-12-4-5-13-26/h2-3,6-11,14H,4-5,12-13,15-16H2,1H3,(H2,24,27)(H,25,28)/b11-9+. The van der Waals surface area contributed by atoms with Gasteiger partial charge in [0, 0.05) is 31.4 Å². The van der Waals surface area contributed by atoms with Crippen molar-refractivity contribution in [2.75, 3.05) is 31.7 Å². The third kappa shape index (κ3) is 5.76. The van der Waals surface area contributed by atoms with Gasteiger partial charge in [-0.3, -0.25) is 9.59 Å². The van der Waals surface area contributed by atoms with E-state index in [1.807, 2.05) is 18.2 Å². The number of amides is 2. The maximum absolute atomic E-state index is 12.3. The number of para-hydroxylation sites is 1. The molecule has 0 unspecified atom stereocenters. The lowest BCUT2D eigenvalue weighted by Gasteiger charge is -2.21. The van der Waals surface area contributed by atoms with Crippen molar-refractivity contribution in [1.29, 1.82) is 0 Å². The minimum absolute atomic E-state index is 0.181. The van der Waals surface area contributed by atoms with Crippen LogP contribution in [0.2, 0.25) is 0 Å². The molecule has 0 spiro atoms. The van der Waals surface area contributed by atoms with Crippen molar-refractivity contribution in [3.05, 3.63) is 59.7 Å². The van der Waals surface area contributed by atoms with Gasteiger partial charge in [0.2, 0.25) is 5.91 Å². The Hall–Kier alpha value is -3.48. The van der Waals surface area contributed by atoms with Gasteiger partial charge in [0.15, 0.2) is 18.1 Å². The van der Waals surface area contributed by atoms with Crippen LogP contribution in [0.3, 0.4) is 0 Å². The number of anilines is 1. The van der Waals surface area contributed by atoms with E-state index in [0.29, 0.717) is 18.0 Å². The Morgan fingerprint density at radius 1 is 1.13 bits per heavy atom. The quantitative estimate of drug-likeness (QED) is 0.621. The van der Waals surface area contributed by atoms with Crippen LogP contribution in [0.1, 0.15) is 24.0 Å². The van der Waals surface area contributed by atoms with E-state index in [4.69, 9.17) is 15.2 Å². The summed E-state index contributed by atoms with van der Waals surface area (Å²) >= 11 is 0. The van der Waals surface area contributed by atoms with Crippen LogP contribution < -0.4 is 25.4 Å². The highest BCUT2D eigenvalue weighted by Crippen LogP contribution is 2.28. The fourth-order valence-corrected chi connectivity index (χ4v) is 3.40. The number of nitrogens with zero attached hydrogens (tertiary/aromatic N) is 1. The molecule has 0 aliphatic carbocycles. The molecule has 3 N–H and O–H groups in total. The minimum atomic E-state index is -0.566. The molecule has 2 aromatic carbocycles. The topological polar surface area (TPSA) is 93.9 Å². The molecule has 3 rings (SSSR count). The summed E-state index contributed by atoms with van der Waals surface area (Å²) in [5.41, 5.74) is 8.16. The number of primary amides is 1. The highest BCUT2D eigenvalue weighted by atomic mass is 16.5. The molecule has 1 heterocycles. The molecule has 1 fully saturated rings. The smallest absolute Gasteiger partial charge is 0.255 e. The van der Waals surface area contributed by atoms with Gasteiger partial charge in [0.1, 0.15) is 0 Å². The number of methoxy groups -OCH3 is 1. The maximum atomic E-state index is 12.3. The molecule has 158 valence electrons. The van der Waals surface area contributed by atoms with E-state index in [2.05, 4.69) is 16.3 Å². The lowest BCUT2D eigenvalue weighted by atomic mass is 10.1. The monoisotopic (exact) mass is 409 g/mol. The van der Waals surface area contributed by atoms with Crippen LogP contribution in [0.15, 0.2) is 48.5 Å². The molecule has 0 saturated carbocycles. The molecule has 0 atom stereocenters. The lowest BCUT2D eigenvalue weighted by Crippen LogP contribution is -2.24. The number of benzene rings is 2. The van der Waals surface area contributed by atoms with Gasteiger partial charge in [-0.15, -0.1) is 0 Å². The molecule has 1 aliphatic rings. The van der Waals surface area contributed by atoms with E-state index in [0.717, 1.165) is 24.2 Å². The molecular formula is C23H27N3O4. The van der Waals surface area contributed by atoms with Crippen molar-refractivity contribution in [3.8, 4) is 11.5 Å². The van der Waals surface area contributed by atoms with Gasteiger partial charge in [-0.25, -0.2) is 0 Å². The van der Waals surface area contributed by atoms with E-state index in [1.165, 1.54) is 31.7 Å². The van der Waals surface area contributed by atoms with Crippen LogP contribution in [-0.4, -0.2) is 38.6 Å². The fourth-order valence-electron chi connectivity index (χ4n) is 3.40. The van der Waals surface area contributed by atoms with E-state index in [1.54, 1.807) is 24.3 Å². The molecule has 2 aromatic rings. The Kier molecular flexibility index (Phi) is 7.32. The zero-order valence-corrected chi connectivity index (χ0v) is 17.1. The number of nitrogens with one attached hydrogen (secondary N) is 1. The third-order valence-corrected chi connectivity index (χ3v) is 4.88. The van der Waals surface area contributed by atoms with Crippen molar-refractivity contribution in [2.45, 2.75) is 19.4 Å². The largest absolute Gasteiger partial charge is 0.493 e. The highest BCUT2D eigenvalue weighted by molar-refractivity contribution is 5.91. The minimum Gasteiger partial charge on any atom is -0.493 e. The Morgan fingerprint density at radius 3 is 2.63 bits per heavy atom. The molecular weight excluding hydrogens is 382 g/mol. The molecule has 7 heteroatoms. The van der Waals surface area contributed by atoms with Crippen LogP contribution >= 0.6 is 0 Å². The summed E-state index contributed by atoms with van der Waals surface area (Å²) in [7, 11) is 1.50. The van der Waals surface area contributed by atoms with Crippen molar-refractivity contribution >= 4 is 23.6 Å². The first kappa shape index (κ1) is 21.2. The summed E-state index contributed by atoms with van der Waals surface area (Å²) in [5.74, 6) is 0.123. The highest BCUT2D eigenvalue weighted by Gasteiger charge is 2.15. The number of hydrogen-bond acceptors (Lipinski definition) is 5. The van der Waals surface area contributed by atoms with Gasteiger partial charge in [-0.1, -0.05) is 24.3 Å². The van der Waals surface area contributed by atoms with Gasteiger partial charge in [-0.05, 0) is 48.2 Å². The molecule has 1 saturated heterocycles. The second kappa shape index (κ2) is 10.3. The number of carbonyl (C=O) groups excluding carboxylic acids is 2. The Labute approximate surface area is 176 Å². The van der Waals surface area contributed by atoms with Crippen molar-refractivity contribution in [1.82, 2.24) is 5.32 Å². The van der Waals surface area contributed by atoms with E-state index in [9.17, 15) is 9.59 Å². The zero-order valence-electron chi connectivity index (χ0n) is 17.1. The average molecular weight is 409 g/mol. The number of rotatable bonds is 9. The first-order valence-electron chi connectivity index (χ1n) is 9.94. The van der Waals surface area contributed by atoms with Crippen molar-refractivity contribution < 1.29 is 19.1 Å². The average Bonchev–Trinajstić information content (AvgIpc) is 3.30. The predicted octanol–water partition coefficient (Wildman–Crippen LogP) is 2.49. The Balaban J connectivity index is 1.59. The molecule has 2 amide bonds. The number of carbonyl (C=O) groups is 2. The molecule has 0 bridgehead atoms. The fraction of sp³-hybridized carbons (Fsp3) is 0.304. The summed E-state index contributed by atoms with van der Waals surface area (Å²) in [6.07, 6.45) is 5.60. The van der Waals surface area contributed by atoms with Crippen LogP contribution in [0.4, 0.5) is 5.69 Å². The van der Waals surface area contributed by atoms with E-state index >= 15 is 0 Å². The molecule has 1 aliphatic heterocycles. The molecule has 30 heavy (non-hydrogen) atoms. The van der Waals surface area contributed by atoms with Gasteiger partial charge < -0.3 is 25.4 Å². The zero-order chi connectivity index (χ0) is 21.3. The maximum Gasteiger partial charge on any atom is 0.255 e. The lowest BCUT2D eigenvalue weighted by molar-refractivity contribution is -0.120. The van der Waals surface area contributed by atoms with Crippen LogP contribution in [-0.2, 0) is 16.1 Å². The third-order valence-electron chi connectivity index (χ3n) is 4.88.